The second-order valence-electron chi connectivity index (χ2n) is 6.90. The van der Waals surface area contributed by atoms with Crippen LogP contribution in [0.4, 0.5) is 4.79 Å². The van der Waals surface area contributed by atoms with Crippen molar-refractivity contribution < 1.29 is 13.2 Å². The average Bonchev–Trinajstić information content (AvgIpc) is 3.17. The number of benzene rings is 1. The lowest BCUT2D eigenvalue weighted by molar-refractivity contribution is 0.226. The van der Waals surface area contributed by atoms with Crippen LogP contribution < -0.4 is 10.6 Å². The van der Waals surface area contributed by atoms with Crippen molar-refractivity contribution >= 4 is 50.1 Å². The summed E-state index contributed by atoms with van der Waals surface area (Å²) in [5.74, 6) is 0.490. The minimum atomic E-state index is -3.02. The molecule has 2 N–H and O–H groups in total. The molecule has 1 aliphatic carbocycles. The predicted octanol–water partition coefficient (Wildman–Crippen LogP) is 3.60. The maximum atomic E-state index is 12.6. The minimum Gasteiger partial charge on any atom is -0.334 e. The molecule has 0 radical (unpaired) electrons. The van der Waals surface area contributed by atoms with Gasteiger partial charge in [-0.05, 0) is 65.5 Å². The molecule has 1 saturated carbocycles. The van der Waals surface area contributed by atoms with Crippen LogP contribution in [0.5, 0.6) is 0 Å². The van der Waals surface area contributed by atoms with Crippen molar-refractivity contribution in [1.82, 2.24) is 10.6 Å². The van der Waals surface area contributed by atoms with E-state index in [1.807, 2.05) is 24.3 Å². The summed E-state index contributed by atoms with van der Waals surface area (Å²) in [4.78, 5) is 12.6. The van der Waals surface area contributed by atoms with E-state index in [0.717, 1.165) is 31.2 Å². The summed E-state index contributed by atoms with van der Waals surface area (Å²) in [5, 5.41) is 6.59. The number of urea groups is 1. The van der Waals surface area contributed by atoms with Crippen LogP contribution >= 0.6 is 34.2 Å². The van der Waals surface area contributed by atoms with Crippen molar-refractivity contribution in [2.24, 2.45) is 5.92 Å². The normalized spacial score (nSPS) is 25.4. The van der Waals surface area contributed by atoms with Gasteiger partial charge in [-0.15, -0.1) is 0 Å². The highest BCUT2D eigenvalue weighted by atomic mass is 127. The summed E-state index contributed by atoms with van der Waals surface area (Å²) in [6, 6.07) is 6.96. The maximum absolute atomic E-state index is 12.6. The molecule has 0 bridgehead atoms. The number of nitrogens with one attached hydrogen (secondary N) is 2. The Morgan fingerprint density at radius 1 is 1.24 bits per heavy atom. The molecular formula is C17H22ClIN2O3S. The Bertz CT molecular complexity index is 752. The van der Waals surface area contributed by atoms with Gasteiger partial charge in [-0.2, -0.15) is 0 Å². The fourth-order valence-electron chi connectivity index (χ4n) is 3.74. The summed E-state index contributed by atoms with van der Waals surface area (Å²) < 4.78 is 22.6. The van der Waals surface area contributed by atoms with Crippen LogP contribution in [0.15, 0.2) is 24.3 Å². The van der Waals surface area contributed by atoms with Gasteiger partial charge < -0.3 is 10.6 Å². The molecule has 1 saturated heterocycles. The predicted molar refractivity (Wildman–Crippen MR) is 108 cm³/mol. The Kier molecular flexibility index (Phi) is 5.85. The monoisotopic (exact) mass is 496 g/mol. The fourth-order valence-corrected chi connectivity index (χ4v) is 6.81. The number of amides is 2. The van der Waals surface area contributed by atoms with Crippen LogP contribution in [-0.4, -0.2) is 32.0 Å². The first-order valence-corrected chi connectivity index (χ1v) is 11.8. The molecule has 2 fully saturated rings. The number of sulfone groups is 1. The molecule has 25 heavy (non-hydrogen) atoms. The standard InChI is InChI=1S/C17H22ClIN2O3S/c18-14-7-3-6-13(10-14)17(19,12-4-1-2-5-12)21-16(22)20-15-8-9-25(23,24)11-15/h3,6-7,10,12,15H,1-2,4-5,8-9,11H2,(H2,20,21,22)/t15-,17-/m0/s1. The van der Waals surface area contributed by atoms with Gasteiger partial charge in [0.2, 0.25) is 0 Å². The van der Waals surface area contributed by atoms with Gasteiger partial charge in [0.15, 0.2) is 9.84 Å². The van der Waals surface area contributed by atoms with Gasteiger partial charge in [-0.3, -0.25) is 0 Å². The highest BCUT2D eigenvalue weighted by molar-refractivity contribution is 14.1. The largest absolute Gasteiger partial charge is 0.334 e. The number of carbonyl (C=O) groups excluding carboxylic acids is 1. The second-order valence-corrected chi connectivity index (χ2v) is 11.3. The summed E-state index contributed by atoms with van der Waals surface area (Å²) in [5.41, 5.74) is 0.974. The molecule has 1 aliphatic heterocycles. The molecule has 2 atom stereocenters. The Labute approximate surface area is 167 Å². The van der Waals surface area contributed by atoms with E-state index in [9.17, 15) is 13.2 Å². The molecule has 0 aromatic heterocycles. The molecule has 1 heterocycles. The van der Waals surface area contributed by atoms with Gasteiger partial charge in [0.25, 0.3) is 0 Å². The summed E-state index contributed by atoms with van der Waals surface area (Å²) >= 11 is 8.48. The minimum absolute atomic E-state index is 0.0231. The number of rotatable bonds is 4. The topological polar surface area (TPSA) is 75.3 Å². The van der Waals surface area contributed by atoms with Crippen molar-refractivity contribution in [1.29, 1.82) is 0 Å². The van der Waals surface area contributed by atoms with E-state index in [1.165, 1.54) is 0 Å². The van der Waals surface area contributed by atoms with Crippen molar-refractivity contribution in [3.05, 3.63) is 34.9 Å². The number of hydrogen-bond donors (Lipinski definition) is 2. The third kappa shape index (κ3) is 4.60. The number of alkyl halides is 1. The van der Waals surface area contributed by atoms with Crippen LogP contribution in [0.25, 0.3) is 0 Å². The van der Waals surface area contributed by atoms with E-state index in [0.29, 0.717) is 17.4 Å². The zero-order valence-corrected chi connectivity index (χ0v) is 17.5. The van der Waals surface area contributed by atoms with Gasteiger partial charge in [-0.1, -0.05) is 36.6 Å². The molecule has 1 aromatic rings. The van der Waals surface area contributed by atoms with Gasteiger partial charge in [-0.25, -0.2) is 13.2 Å². The molecule has 2 amide bonds. The zero-order chi connectivity index (χ0) is 18.1. The molecular weight excluding hydrogens is 475 g/mol. The quantitative estimate of drug-likeness (QED) is 0.380. The fraction of sp³-hybridized carbons (Fsp3) is 0.588. The highest BCUT2D eigenvalue weighted by Crippen LogP contribution is 2.45. The summed E-state index contributed by atoms with van der Waals surface area (Å²) in [6.45, 7) is 0. The van der Waals surface area contributed by atoms with Crippen LogP contribution in [0.3, 0.4) is 0 Å². The van der Waals surface area contributed by atoms with Gasteiger partial charge in [0.1, 0.15) is 3.55 Å². The average molecular weight is 497 g/mol. The molecule has 2 aliphatic rings. The third-order valence-electron chi connectivity index (χ3n) is 5.03. The molecule has 1 aromatic carbocycles. The van der Waals surface area contributed by atoms with E-state index in [-0.39, 0.29) is 23.6 Å². The zero-order valence-electron chi connectivity index (χ0n) is 13.8. The van der Waals surface area contributed by atoms with Gasteiger partial charge in [0.05, 0.1) is 11.5 Å². The maximum Gasteiger partial charge on any atom is 0.316 e. The van der Waals surface area contributed by atoms with Crippen molar-refractivity contribution in [3.63, 3.8) is 0 Å². The SMILES string of the molecule is O=C(N[C@H]1CCS(=O)(=O)C1)N[C@](I)(c1cccc(Cl)c1)C1CCCC1. The molecule has 0 unspecified atom stereocenters. The Balaban J connectivity index is 1.77. The molecule has 0 spiro atoms. The van der Waals surface area contributed by atoms with Crippen molar-refractivity contribution in [2.45, 2.75) is 41.7 Å². The van der Waals surface area contributed by atoms with Crippen molar-refractivity contribution in [2.75, 3.05) is 11.5 Å². The second kappa shape index (κ2) is 7.60. The Morgan fingerprint density at radius 3 is 2.56 bits per heavy atom. The van der Waals surface area contributed by atoms with Crippen LogP contribution in [0.2, 0.25) is 5.02 Å². The lowest BCUT2D eigenvalue weighted by Gasteiger charge is -2.35. The summed E-state index contributed by atoms with van der Waals surface area (Å²) in [6.07, 6.45) is 4.88. The lowest BCUT2D eigenvalue weighted by Crippen LogP contribution is -2.52. The van der Waals surface area contributed by atoms with Crippen LogP contribution in [0.1, 0.15) is 37.7 Å². The van der Waals surface area contributed by atoms with Gasteiger partial charge >= 0.3 is 6.03 Å². The van der Waals surface area contributed by atoms with E-state index in [4.69, 9.17) is 11.6 Å². The smallest absolute Gasteiger partial charge is 0.316 e. The first-order chi connectivity index (χ1) is 11.8. The van der Waals surface area contributed by atoms with E-state index in [2.05, 4.69) is 33.2 Å². The molecule has 8 heteroatoms. The van der Waals surface area contributed by atoms with Gasteiger partial charge in [0, 0.05) is 11.1 Å². The number of hydrogen-bond acceptors (Lipinski definition) is 3. The first-order valence-electron chi connectivity index (χ1n) is 8.52. The van der Waals surface area contributed by atoms with Crippen LogP contribution in [-0.2, 0) is 13.4 Å². The van der Waals surface area contributed by atoms with E-state index in [1.54, 1.807) is 0 Å². The molecule has 138 valence electrons. The Morgan fingerprint density at radius 2 is 1.96 bits per heavy atom. The highest BCUT2D eigenvalue weighted by Gasteiger charge is 2.41. The Hall–Kier alpha value is -0.540. The van der Waals surface area contributed by atoms with E-state index < -0.39 is 13.4 Å². The molecule has 5 nitrogen and oxygen atoms in total. The van der Waals surface area contributed by atoms with Crippen LogP contribution in [0, 0.1) is 5.92 Å². The molecule has 3 rings (SSSR count). The lowest BCUT2D eigenvalue weighted by atomic mass is 9.91. The third-order valence-corrected chi connectivity index (χ3v) is 8.80. The first kappa shape index (κ1) is 19.2. The van der Waals surface area contributed by atoms with Crippen molar-refractivity contribution in [3.8, 4) is 0 Å². The van der Waals surface area contributed by atoms with E-state index >= 15 is 0 Å². The number of carbonyl (C=O) groups is 1. The number of halogens is 2. The summed E-state index contributed by atoms with van der Waals surface area (Å²) in [7, 11) is -3.02.